The minimum atomic E-state index is -4.63. The number of nitrogens with zero attached hydrogens (tertiary/aromatic N) is 5. The summed E-state index contributed by atoms with van der Waals surface area (Å²) in [7, 11) is 0. The highest BCUT2D eigenvalue weighted by Gasteiger charge is 2.34. The van der Waals surface area contributed by atoms with Crippen LogP contribution in [-0.2, 0) is 10.9 Å². The average Bonchev–Trinajstić information content (AvgIpc) is 3.82. The summed E-state index contributed by atoms with van der Waals surface area (Å²) in [6, 6.07) is 3.08. The van der Waals surface area contributed by atoms with Gasteiger partial charge < -0.3 is 4.74 Å². The Balaban J connectivity index is 1.27. The molecule has 3 aromatic heterocycles. The molecular weight excluding hydrogens is 506 g/mol. The lowest BCUT2D eigenvalue weighted by atomic mass is 9.92. The summed E-state index contributed by atoms with van der Waals surface area (Å²) in [6.45, 7) is 0.514. The first-order valence-corrected chi connectivity index (χ1v) is 13.4. The van der Waals surface area contributed by atoms with Gasteiger partial charge in [0.1, 0.15) is 16.3 Å². The van der Waals surface area contributed by atoms with Crippen LogP contribution >= 0.6 is 11.3 Å². The fourth-order valence-electron chi connectivity index (χ4n) is 4.93. The Bertz CT molecular complexity index is 1490. The molecule has 192 valence electrons. The van der Waals surface area contributed by atoms with E-state index in [1.807, 2.05) is 17.1 Å². The van der Waals surface area contributed by atoms with Crippen LogP contribution in [0.15, 0.2) is 30.6 Å². The largest absolute Gasteiger partial charge is 0.416 e. The second kappa shape index (κ2) is 8.56. The SMILES string of the molecule is Fc1cc(C(F)(F)F)ccc1-c1nc([C@H]2CCO[C@@H](c3cnn(C4CC4)c3)C2)nc2nc(C3CC3)sc12. The van der Waals surface area contributed by atoms with Gasteiger partial charge >= 0.3 is 6.18 Å². The van der Waals surface area contributed by atoms with Gasteiger partial charge in [-0.25, -0.2) is 19.3 Å². The van der Waals surface area contributed by atoms with E-state index >= 15 is 4.39 Å². The molecule has 3 fully saturated rings. The van der Waals surface area contributed by atoms with E-state index in [-0.39, 0.29) is 17.6 Å². The molecule has 1 aliphatic heterocycles. The van der Waals surface area contributed by atoms with Crippen molar-refractivity contribution in [3.05, 3.63) is 58.4 Å². The Morgan fingerprint density at radius 3 is 2.57 bits per heavy atom. The number of hydrogen-bond donors (Lipinski definition) is 0. The molecular formula is C26H23F4N5OS. The lowest BCUT2D eigenvalue weighted by Gasteiger charge is -2.28. The standard InChI is InChI=1S/C26H23F4N5OS/c27-19-10-16(26(28,29)30)3-6-18(19)21-22-24(34-25(37-22)13-1-2-13)33-23(32-21)14-7-8-36-20(9-14)15-11-31-35(12-15)17-4-5-17/h3,6,10-14,17,20H,1-2,4-5,7-9H2/t14-,20+/m0/s1. The van der Waals surface area contributed by atoms with Gasteiger partial charge in [0.15, 0.2) is 5.65 Å². The van der Waals surface area contributed by atoms with E-state index < -0.39 is 17.6 Å². The van der Waals surface area contributed by atoms with Gasteiger partial charge in [-0.05, 0) is 56.7 Å². The number of fused-ring (bicyclic) bond motifs is 1. The zero-order chi connectivity index (χ0) is 25.3. The molecule has 2 aliphatic carbocycles. The molecule has 37 heavy (non-hydrogen) atoms. The predicted octanol–water partition coefficient (Wildman–Crippen LogP) is 6.96. The number of aromatic nitrogens is 5. The summed E-state index contributed by atoms with van der Waals surface area (Å²) < 4.78 is 63.3. The summed E-state index contributed by atoms with van der Waals surface area (Å²) in [4.78, 5) is 14.3. The van der Waals surface area contributed by atoms with Crippen LogP contribution in [0.1, 0.15) is 84.5 Å². The highest BCUT2D eigenvalue weighted by Crippen LogP contribution is 2.46. The van der Waals surface area contributed by atoms with Crippen LogP contribution in [0.5, 0.6) is 0 Å². The Labute approximate surface area is 213 Å². The first kappa shape index (κ1) is 23.2. The van der Waals surface area contributed by atoms with Crippen LogP contribution in [0.4, 0.5) is 17.6 Å². The van der Waals surface area contributed by atoms with Crippen LogP contribution in [0.25, 0.3) is 21.6 Å². The molecule has 2 atom stereocenters. The van der Waals surface area contributed by atoms with Gasteiger partial charge in [-0.1, -0.05) is 0 Å². The quantitative estimate of drug-likeness (QED) is 0.262. The molecule has 0 spiro atoms. The van der Waals surface area contributed by atoms with Crippen LogP contribution in [0.3, 0.4) is 0 Å². The first-order chi connectivity index (χ1) is 17.8. The zero-order valence-electron chi connectivity index (χ0n) is 19.7. The molecule has 1 saturated heterocycles. The van der Waals surface area contributed by atoms with Crippen LogP contribution in [-0.4, -0.2) is 31.3 Å². The molecule has 0 N–H and O–H groups in total. The van der Waals surface area contributed by atoms with Crippen molar-refractivity contribution in [2.24, 2.45) is 0 Å². The number of thiazole rings is 1. The Morgan fingerprint density at radius 1 is 1.00 bits per heavy atom. The normalized spacial score (nSPS) is 22.6. The van der Waals surface area contributed by atoms with E-state index in [9.17, 15) is 13.2 Å². The lowest BCUT2D eigenvalue weighted by Crippen LogP contribution is -2.20. The molecule has 0 bridgehead atoms. The third-order valence-electron chi connectivity index (χ3n) is 7.33. The van der Waals surface area contributed by atoms with Crippen LogP contribution < -0.4 is 0 Å². The van der Waals surface area contributed by atoms with Crippen molar-refractivity contribution in [1.82, 2.24) is 24.7 Å². The third kappa shape index (κ3) is 4.41. The summed E-state index contributed by atoms with van der Waals surface area (Å²) in [5, 5.41) is 5.40. The van der Waals surface area contributed by atoms with Crippen molar-refractivity contribution < 1.29 is 22.3 Å². The zero-order valence-corrected chi connectivity index (χ0v) is 20.5. The number of halogens is 4. The number of alkyl halides is 3. The number of hydrogen-bond acceptors (Lipinski definition) is 6. The second-order valence-corrected chi connectivity index (χ2v) is 11.2. The number of ether oxygens (including phenoxy) is 1. The molecule has 0 amide bonds. The molecule has 11 heteroatoms. The highest BCUT2D eigenvalue weighted by molar-refractivity contribution is 7.19. The van der Waals surface area contributed by atoms with E-state index in [0.29, 0.717) is 59.3 Å². The van der Waals surface area contributed by atoms with Crippen LogP contribution in [0, 0.1) is 5.82 Å². The van der Waals surface area contributed by atoms with Gasteiger partial charge in [-0.3, -0.25) is 4.68 Å². The summed E-state index contributed by atoms with van der Waals surface area (Å²) >= 11 is 1.41. The molecule has 6 nitrogen and oxygen atoms in total. The van der Waals surface area contributed by atoms with Crippen molar-refractivity contribution in [3.8, 4) is 11.3 Å². The second-order valence-electron chi connectivity index (χ2n) is 10.2. The van der Waals surface area contributed by atoms with E-state index in [4.69, 9.17) is 19.7 Å². The fraction of sp³-hybridized carbons (Fsp3) is 0.462. The topological polar surface area (TPSA) is 65.7 Å². The van der Waals surface area contributed by atoms with Gasteiger partial charge in [0, 0.05) is 35.8 Å². The Hall–Kier alpha value is -2.92. The number of benzene rings is 1. The first-order valence-electron chi connectivity index (χ1n) is 12.5. The molecule has 3 aliphatic rings. The minimum absolute atomic E-state index is 0.0296. The summed E-state index contributed by atoms with van der Waals surface area (Å²) in [5.41, 5.74) is 0.801. The maximum absolute atomic E-state index is 15.1. The molecule has 7 rings (SSSR count). The fourth-order valence-corrected chi connectivity index (χ4v) is 6.11. The van der Waals surface area contributed by atoms with E-state index in [2.05, 4.69) is 5.10 Å². The number of rotatable bonds is 5. The van der Waals surface area contributed by atoms with Gasteiger partial charge in [0.25, 0.3) is 0 Å². The monoisotopic (exact) mass is 529 g/mol. The smallest absolute Gasteiger partial charge is 0.373 e. The minimum Gasteiger partial charge on any atom is -0.373 e. The van der Waals surface area contributed by atoms with Crippen molar-refractivity contribution in [2.45, 2.75) is 68.7 Å². The van der Waals surface area contributed by atoms with Crippen molar-refractivity contribution in [1.29, 1.82) is 0 Å². The van der Waals surface area contributed by atoms with Crippen molar-refractivity contribution in [3.63, 3.8) is 0 Å². The van der Waals surface area contributed by atoms with E-state index in [1.165, 1.54) is 17.4 Å². The van der Waals surface area contributed by atoms with Gasteiger partial charge in [0.2, 0.25) is 0 Å². The molecule has 4 heterocycles. The Morgan fingerprint density at radius 2 is 1.84 bits per heavy atom. The van der Waals surface area contributed by atoms with Gasteiger partial charge in [-0.15, -0.1) is 11.3 Å². The molecule has 2 saturated carbocycles. The Kier molecular flexibility index (Phi) is 5.37. The van der Waals surface area contributed by atoms with E-state index in [0.717, 1.165) is 42.3 Å². The summed E-state index contributed by atoms with van der Waals surface area (Å²) in [6.07, 6.45) is 4.80. The third-order valence-corrected chi connectivity index (χ3v) is 8.54. The molecule has 0 radical (unpaired) electrons. The van der Waals surface area contributed by atoms with E-state index in [1.54, 1.807) is 0 Å². The lowest BCUT2D eigenvalue weighted by molar-refractivity contribution is -0.137. The van der Waals surface area contributed by atoms with Crippen molar-refractivity contribution in [2.75, 3.05) is 6.61 Å². The summed E-state index contributed by atoms with van der Waals surface area (Å²) in [5.74, 6) is -0.130. The van der Waals surface area contributed by atoms with Crippen LogP contribution in [0.2, 0.25) is 0 Å². The molecule has 1 aromatic carbocycles. The average molecular weight is 530 g/mol. The predicted molar refractivity (Wildman–Crippen MR) is 129 cm³/mol. The molecule has 4 aromatic rings. The molecule has 0 unspecified atom stereocenters. The van der Waals surface area contributed by atoms with Gasteiger partial charge in [-0.2, -0.15) is 18.3 Å². The van der Waals surface area contributed by atoms with Gasteiger partial charge in [0.05, 0.1) is 34.6 Å². The maximum atomic E-state index is 15.1. The highest BCUT2D eigenvalue weighted by atomic mass is 32.1. The maximum Gasteiger partial charge on any atom is 0.416 e. The van der Waals surface area contributed by atoms with Crippen molar-refractivity contribution >= 4 is 21.7 Å².